The Kier molecular flexibility index (Phi) is 5.48. The number of nitro benzene ring substituents is 1. The van der Waals surface area contributed by atoms with Gasteiger partial charge in [-0.25, -0.2) is 0 Å². The van der Waals surface area contributed by atoms with Crippen molar-refractivity contribution in [3.63, 3.8) is 0 Å². The van der Waals surface area contributed by atoms with Gasteiger partial charge < -0.3 is 10.4 Å². The summed E-state index contributed by atoms with van der Waals surface area (Å²) < 4.78 is 0.851. The Labute approximate surface area is 140 Å². The van der Waals surface area contributed by atoms with E-state index in [-0.39, 0.29) is 23.5 Å². The van der Waals surface area contributed by atoms with Crippen LogP contribution in [0.1, 0.15) is 11.1 Å². The van der Waals surface area contributed by atoms with Crippen molar-refractivity contribution in [2.45, 2.75) is 6.54 Å². The summed E-state index contributed by atoms with van der Waals surface area (Å²) in [6.45, 7) is -0.0698. The molecular weight excluding hydrogens is 364 g/mol. The lowest BCUT2D eigenvalue weighted by molar-refractivity contribution is -0.385. The monoisotopic (exact) mass is 375 g/mol. The molecule has 7 heteroatoms. The summed E-state index contributed by atoms with van der Waals surface area (Å²) in [7, 11) is 0. The number of nitro groups is 1. The van der Waals surface area contributed by atoms with Crippen LogP contribution >= 0.6 is 15.9 Å². The van der Waals surface area contributed by atoms with Crippen molar-refractivity contribution in [2.75, 3.05) is 0 Å². The van der Waals surface area contributed by atoms with Crippen molar-refractivity contribution in [1.29, 1.82) is 0 Å². The number of carbonyl (C=O) groups excluding carboxylic acids is 1. The van der Waals surface area contributed by atoms with Gasteiger partial charge >= 0.3 is 0 Å². The second-order valence-corrected chi connectivity index (χ2v) is 5.48. The summed E-state index contributed by atoms with van der Waals surface area (Å²) in [5, 5.41) is 24.9. The molecule has 0 atom stereocenters. The topological polar surface area (TPSA) is 95.3 Å². The van der Waals surface area contributed by atoms with Crippen LogP contribution in [0.15, 0.2) is 53.0 Å². The molecule has 2 rings (SSSR count). The van der Waals surface area contributed by atoms with Crippen molar-refractivity contribution >= 4 is 33.6 Å². The lowest BCUT2D eigenvalue weighted by atomic mass is 10.1. The summed E-state index contributed by atoms with van der Waals surface area (Å²) in [5.41, 5.74) is 0.821. The average molecular weight is 376 g/mol. The molecule has 2 aromatic rings. The third-order valence-corrected chi connectivity index (χ3v) is 3.75. The largest absolute Gasteiger partial charge is 0.872 e. The molecule has 0 aliphatic rings. The zero-order chi connectivity index (χ0) is 16.8. The molecule has 0 spiro atoms. The number of nitrogens with zero attached hydrogens (tertiary/aromatic N) is 1. The zero-order valence-electron chi connectivity index (χ0n) is 11.9. The number of rotatable bonds is 5. The van der Waals surface area contributed by atoms with Gasteiger partial charge in [-0.3, -0.25) is 14.9 Å². The van der Waals surface area contributed by atoms with Gasteiger partial charge in [-0.05, 0) is 23.3 Å². The highest BCUT2D eigenvalue weighted by Gasteiger charge is 2.07. The molecule has 0 heterocycles. The van der Waals surface area contributed by atoms with Crippen molar-refractivity contribution < 1.29 is 14.8 Å². The van der Waals surface area contributed by atoms with E-state index in [4.69, 9.17) is 0 Å². The van der Waals surface area contributed by atoms with Gasteiger partial charge in [0.15, 0.2) is 0 Å². The molecular formula is C16H12BrN2O4-. The van der Waals surface area contributed by atoms with E-state index in [1.54, 1.807) is 6.08 Å². The molecule has 0 saturated heterocycles. The number of carbonyl (C=O) groups is 1. The molecule has 0 aliphatic heterocycles. The van der Waals surface area contributed by atoms with E-state index in [1.807, 2.05) is 24.3 Å². The highest BCUT2D eigenvalue weighted by molar-refractivity contribution is 9.10. The van der Waals surface area contributed by atoms with E-state index >= 15 is 0 Å². The van der Waals surface area contributed by atoms with Gasteiger partial charge in [-0.1, -0.05) is 40.2 Å². The Morgan fingerprint density at radius 3 is 2.70 bits per heavy atom. The predicted molar refractivity (Wildman–Crippen MR) is 87.6 cm³/mol. The molecule has 118 valence electrons. The maximum absolute atomic E-state index is 11.8. The molecule has 6 nitrogen and oxygen atoms in total. The summed E-state index contributed by atoms with van der Waals surface area (Å²) >= 11 is 3.37. The number of non-ortho nitro benzene ring substituents is 1. The van der Waals surface area contributed by atoms with E-state index in [0.717, 1.165) is 22.2 Å². The minimum Gasteiger partial charge on any atom is -0.872 e. The van der Waals surface area contributed by atoms with E-state index in [0.29, 0.717) is 0 Å². The van der Waals surface area contributed by atoms with E-state index in [9.17, 15) is 20.0 Å². The standard InChI is InChI=1S/C16H13BrN2O4/c17-14-4-2-1-3-11(14)5-8-16(21)18-10-12-9-13(19(22)23)6-7-15(12)20/h1-9,20H,10H2,(H,18,21)/p-1/b8-5+. The van der Waals surface area contributed by atoms with E-state index in [2.05, 4.69) is 21.2 Å². The minimum absolute atomic E-state index is 0.0698. The van der Waals surface area contributed by atoms with Crippen molar-refractivity contribution in [1.82, 2.24) is 5.32 Å². The number of hydrogen-bond acceptors (Lipinski definition) is 4. The quantitative estimate of drug-likeness (QED) is 0.493. The first kappa shape index (κ1) is 16.7. The molecule has 0 radical (unpaired) electrons. The molecule has 0 aliphatic carbocycles. The molecule has 1 N–H and O–H groups in total. The molecule has 1 amide bonds. The van der Waals surface area contributed by atoms with Gasteiger partial charge in [0.2, 0.25) is 5.91 Å². The molecule has 0 bridgehead atoms. The summed E-state index contributed by atoms with van der Waals surface area (Å²) in [5.74, 6) is -0.752. The van der Waals surface area contributed by atoms with Crippen molar-refractivity contribution in [3.8, 4) is 5.75 Å². The molecule has 2 aromatic carbocycles. The Morgan fingerprint density at radius 1 is 1.26 bits per heavy atom. The summed E-state index contributed by atoms with van der Waals surface area (Å²) in [6.07, 6.45) is 2.97. The van der Waals surface area contributed by atoms with Crippen LogP contribution < -0.4 is 10.4 Å². The van der Waals surface area contributed by atoms with Gasteiger partial charge in [0.25, 0.3) is 5.69 Å². The normalized spacial score (nSPS) is 10.7. The first-order valence-electron chi connectivity index (χ1n) is 6.62. The number of hydrogen-bond donors (Lipinski definition) is 1. The highest BCUT2D eigenvalue weighted by atomic mass is 79.9. The smallest absolute Gasteiger partial charge is 0.269 e. The van der Waals surface area contributed by atoms with Gasteiger partial charge in [0, 0.05) is 29.2 Å². The third-order valence-electron chi connectivity index (χ3n) is 3.03. The molecule has 0 fully saturated rings. The first-order chi connectivity index (χ1) is 11.0. The molecule has 0 saturated carbocycles. The Balaban J connectivity index is 2.01. The highest BCUT2D eigenvalue weighted by Crippen LogP contribution is 2.20. The molecule has 23 heavy (non-hydrogen) atoms. The third kappa shape index (κ3) is 4.65. The fraction of sp³-hybridized carbons (Fsp3) is 0.0625. The van der Waals surface area contributed by atoms with Crippen molar-refractivity contribution in [3.05, 3.63) is 74.3 Å². The first-order valence-corrected chi connectivity index (χ1v) is 7.41. The SMILES string of the molecule is O=C(/C=C/c1ccccc1Br)NCc1cc([N+](=O)[O-])ccc1[O-]. The maximum Gasteiger partial charge on any atom is 0.269 e. The summed E-state index contributed by atoms with van der Waals surface area (Å²) in [6, 6.07) is 10.8. The Hall–Kier alpha value is -2.67. The molecule has 0 aromatic heterocycles. The second kappa shape index (κ2) is 7.55. The van der Waals surface area contributed by atoms with Crippen LogP contribution in [0, 0.1) is 10.1 Å². The second-order valence-electron chi connectivity index (χ2n) is 4.62. The van der Waals surface area contributed by atoms with Gasteiger partial charge in [-0.15, -0.1) is 5.75 Å². The maximum atomic E-state index is 11.8. The zero-order valence-corrected chi connectivity index (χ0v) is 13.4. The van der Waals surface area contributed by atoms with Crippen LogP contribution in [-0.2, 0) is 11.3 Å². The average Bonchev–Trinajstić information content (AvgIpc) is 2.53. The fourth-order valence-electron chi connectivity index (χ4n) is 1.83. The van der Waals surface area contributed by atoms with Crippen LogP contribution in [0.25, 0.3) is 6.08 Å². The van der Waals surface area contributed by atoms with Gasteiger partial charge in [-0.2, -0.15) is 0 Å². The van der Waals surface area contributed by atoms with E-state index in [1.165, 1.54) is 12.1 Å². The number of halogens is 1. The van der Waals surface area contributed by atoms with Crippen LogP contribution in [0.4, 0.5) is 5.69 Å². The van der Waals surface area contributed by atoms with Gasteiger partial charge in [0.05, 0.1) is 4.92 Å². The van der Waals surface area contributed by atoms with Crippen molar-refractivity contribution in [2.24, 2.45) is 0 Å². The Morgan fingerprint density at radius 2 is 2.00 bits per heavy atom. The minimum atomic E-state index is -0.586. The molecule has 0 unspecified atom stereocenters. The van der Waals surface area contributed by atoms with Gasteiger partial charge in [0.1, 0.15) is 0 Å². The lowest BCUT2D eigenvalue weighted by Gasteiger charge is -2.12. The summed E-state index contributed by atoms with van der Waals surface area (Å²) in [4.78, 5) is 21.9. The predicted octanol–water partition coefficient (Wildman–Crippen LogP) is 2.76. The number of benzene rings is 2. The number of amides is 1. The number of nitrogens with one attached hydrogen (secondary N) is 1. The van der Waals surface area contributed by atoms with Crippen LogP contribution in [-0.4, -0.2) is 10.8 Å². The Bertz CT molecular complexity index is 774. The van der Waals surface area contributed by atoms with Crippen LogP contribution in [0.3, 0.4) is 0 Å². The fourth-order valence-corrected chi connectivity index (χ4v) is 2.25. The van der Waals surface area contributed by atoms with Crippen LogP contribution in [0.2, 0.25) is 0 Å². The lowest BCUT2D eigenvalue weighted by Crippen LogP contribution is -2.21. The van der Waals surface area contributed by atoms with Crippen LogP contribution in [0.5, 0.6) is 5.75 Å². The van der Waals surface area contributed by atoms with E-state index < -0.39 is 10.8 Å².